The Morgan fingerprint density at radius 3 is 2.23 bits per heavy atom. The SMILES string of the molecule is CNC(=O)C(/C(Cl)=N/O)C(C)(C)C. The fourth-order valence-corrected chi connectivity index (χ4v) is 1.49. The molecule has 5 heteroatoms. The molecule has 1 amide bonds. The van der Waals surface area contributed by atoms with Crippen molar-refractivity contribution in [2.24, 2.45) is 16.5 Å². The quantitative estimate of drug-likeness (QED) is 0.408. The second-order valence-corrected chi connectivity index (χ2v) is 4.22. The van der Waals surface area contributed by atoms with E-state index in [0.29, 0.717) is 0 Å². The highest BCUT2D eigenvalue weighted by molar-refractivity contribution is 6.67. The Balaban J connectivity index is 4.88. The minimum Gasteiger partial charge on any atom is -0.410 e. The molecule has 2 N–H and O–H groups in total. The molecule has 0 fully saturated rings. The Morgan fingerprint density at radius 2 is 2.00 bits per heavy atom. The van der Waals surface area contributed by atoms with Crippen molar-refractivity contribution < 1.29 is 10.0 Å². The van der Waals surface area contributed by atoms with Crippen molar-refractivity contribution in [1.29, 1.82) is 0 Å². The van der Waals surface area contributed by atoms with E-state index in [1.807, 2.05) is 20.8 Å². The van der Waals surface area contributed by atoms with Crippen molar-refractivity contribution >= 4 is 22.7 Å². The van der Waals surface area contributed by atoms with Gasteiger partial charge in [-0.15, -0.1) is 0 Å². The van der Waals surface area contributed by atoms with Gasteiger partial charge in [0.25, 0.3) is 0 Å². The Morgan fingerprint density at radius 1 is 1.54 bits per heavy atom. The Kier molecular flexibility index (Phi) is 4.20. The van der Waals surface area contributed by atoms with E-state index in [2.05, 4.69) is 10.5 Å². The second kappa shape index (κ2) is 4.46. The standard InChI is InChI=1S/C8H15ClN2O2/c1-8(2,3)5(6(9)11-13)7(12)10-4/h5,13H,1-4H3,(H,10,12)/b11-6-. The summed E-state index contributed by atoms with van der Waals surface area (Å²) < 4.78 is 0. The molecular weight excluding hydrogens is 192 g/mol. The maximum atomic E-state index is 11.4. The van der Waals surface area contributed by atoms with Gasteiger partial charge in [0.1, 0.15) is 0 Å². The highest BCUT2D eigenvalue weighted by Gasteiger charge is 2.34. The predicted octanol–water partition coefficient (Wildman–Crippen LogP) is 1.42. The molecular formula is C8H15ClN2O2. The highest BCUT2D eigenvalue weighted by Crippen LogP contribution is 2.28. The van der Waals surface area contributed by atoms with E-state index >= 15 is 0 Å². The van der Waals surface area contributed by atoms with Crippen LogP contribution < -0.4 is 5.32 Å². The Labute approximate surface area is 83.0 Å². The first-order chi connectivity index (χ1) is 5.84. The number of nitrogens with zero attached hydrogens (tertiary/aromatic N) is 1. The van der Waals surface area contributed by atoms with Crippen LogP contribution in [0.4, 0.5) is 0 Å². The summed E-state index contributed by atoms with van der Waals surface area (Å²) in [6, 6.07) is 0. The van der Waals surface area contributed by atoms with Crippen molar-refractivity contribution in [3.05, 3.63) is 0 Å². The lowest BCUT2D eigenvalue weighted by molar-refractivity contribution is -0.124. The molecule has 0 aromatic carbocycles. The molecule has 0 aromatic rings. The zero-order valence-corrected chi connectivity index (χ0v) is 9.01. The van der Waals surface area contributed by atoms with Crippen molar-refractivity contribution in [2.75, 3.05) is 7.05 Å². The molecule has 13 heavy (non-hydrogen) atoms. The molecule has 0 aromatic heterocycles. The predicted molar refractivity (Wildman–Crippen MR) is 52.1 cm³/mol. The molecule has 0 aliphatic heterocycles. The fraction of sp³-hybridized carbons (Fsp3) is 0.750. The molecule has 0 radical (unpaired) electrons. The maximum absolute atomic E-state index is 11.4. The van der Waals surface area contributed by atoms with Crippen molar-refractivity contribution in [2.45, 2.75) is 20.8 Å². The smallest absolute Gasteiger partial charge is 0.230 e. The maximum Gasteiger partial charge on any atom is 0.230 e. The molecule has 0 saturated carbocycles. The van der Waals surface area contributed by atoms with Gasteiger partial charge >= 0.3 is 0 Å². The van der Waals surface area contributed by atoms with Gasteiger partial charge in [-0.1, -0.05) is 37.5 Å². The van der Waals surface area contributed by atoms with Crippen LogP contribution in [0.2, 0.25) is 0 Å². The topological polar surface area (TPSA) is 61.7 Å². The largest absolute Gasteiger partial charge is 0.410 e. The van der Waals surface area contributed by atoms with Gasteiger partial charge in [-0.05, 0) is 5.41 Å². The van der Waals surface area contributed by atoms with Crippen molar-refractivity contribution in [1.82, 2.24) is 5.32 Å². The number of hydrogen-bond donors (Lipinski definition) is 2. The van der Waals surface area contributed by atoms with Gasteiger partial charge in [0, 0.05) is 7.05 Å². The lowest BCUT2D eigenvalue weighted by Crippen LogP contribution is -2.39. The minimum atomic E-state index is -0.621. The third-order valence-corrected chi connectivity index (χ3v) is 2.00. The van der Waals surface area contributed by atoms with Gasteiger partial charge in [-0.3, -0.25) is 4.79 Å². The van der Waals surface area contributed by atoms with Crippen LogP contribution in [0.1, 0.15) is 20.8 Å². The first-order valence-corrected chi connectivity index (χ1v) is 4.31. The van der Waals surface area contributed by atoms with Gasteiger partial charge < -0.3 is 10.5 Å². The van der Waals surface area contributed by atoms with Crippen LogP contribution in [0, 0.1) is 11.3 Å². The average molecular weight is 207 g/mol. The van der Waals surface area contributed by atoms with Gasteiger partial charge in [0.15, 0.2) is 5.17 Å². The third-order valence-electron chi connectivity index (χ3n) is 1.71. The molecule has 76 valence electrons. The molecule has 0 spiro atoms. The molecule has 1 unspecified atom stereocenters. The summed E-state index contributed by atoms with van der Waals surface area (Å²) in [6.07, 6.45) is 0. The van der Waals surface area contributed by atoms with E-state index in [9.17, 15) is 4.79 Å². The number of carbonyl (C=O) groups is 1. The van der Waals surface area contributed by atoms with E-state index in [1.165, 1.54) is 7.05 Å². The number of rotatable bonds is 2. The average Bonchev–Trinajstić information content (AvgIpc) is 2.01. The third kappa shape index (κ3) is 3.22. The molecule has 0 rings (SSSR count). The monoisotopic (exact) mass is 206 g/mol. The van der Waals surface area contributed by atoms with Crippen molar-refractivity contribution in [3.8, 4) is 0 Å². The lowest BCUT2D eigenvalue weighted by atomic mass is 9.81. The number of hydrogen-bond acceptors (Lipinski definition) is 3. The van der Waals surface area contributed by atoms with E-state index in [0.717, 1.165) is 0 Å². The van der Waals surface area contributed by atoms with Crippen molar-refractivity contribution in [3.63, 3.8) is 0 Å². The van der Waals surface area contributed by atoms with E-state index in [-0.39, 0.29) is 16.5 Å². The van der Waals surface area contributed by atoms with E-state index in [4.69, 9.17) is 16.8 Å². The zero-order valence-electron chi connectivity index (χ0n) is 8.26. The van der Waals surface area contributed by atoms with Gasteiger partial charge in [-0.25, -0.2) is 0 Å². The number of carbonyl (C=O) groups excluding carboxylic acids is 1. The van der Waals surface area contributed by atoms with Crippen LogP contribution in [-0.2, 0) is 4.79 Å². The van der Waals surface area contributed by atoms with Crippen LogP contribution in [0.3, 0.4) is 0 Å². The first kappa shape index (κ1) is 12.2. The zero-order chi connectivity index (χ0) is 10.6. The minimum absolute atomic E-state index is 0.0909. The van der Waals surface area contributed by atoms with Crippen LogP contribution in [-0.4, -0.2) is 23.3 Å². The molecule has 0 aliphatic rings. The normalized spacial score (nSPS) is 15.3. The summed E-state index contributed by atoms with van der Waals surface area (Å²) in [5, 5.41) is 13.7. The van der Waals surface area contributed by atoms with Crippen LogP contribution in [0.5, 0.6) is 0 Å². The summed E-state index contributed by atoms with van der Waals surface area (Å²) in [4.78, 5) is 11.4. The van der Waals surface area contributed by atoms with E-state index < -0.39 is 5.92 Å². The highest BCUT2D eigenvalue weighted by atomic mass is 35.5. The van der Waals surface area contributed by atoms with Crippen LogP contribution in [0.25, 0.3) is 0 Å². The first-order valence-electron chi connectivity index (χ1n) is 3.93. The Hall–Kier alpha value is -0.770. The summed E-state index contributed by atoms with van der Waals surface area (Å²) >= 11 is 5.63. The summed E-state index contributed by atoms with van der Waals surface area (Å²) in [5.74, 6) is -0.875. The molecule has 1 atom stereocenters. The summed E-state index contributed by atoms with van der Waals surface area (Å²) in [5.41, 5.74) is -0.372. The number of amides is 1. The molecule has 4 nitrogen and oxygen atoms in total. The molecule has 0 bridgehead atoms. The Bertz CT molecular complexity index is 221. The van der Waals surface area contributed by atoms with Crippen LogP contribution in [0.15, 0.2) is 5.16 Å². The lowest BCUT2D eigenvalue weighted by Gasteiger charge is -2.26. The van der Waals surface area contributed by atoms with Gasteiger partial charge in [0.05, 0.1) is 5.92 Å². The summed E-state index contributed by atoms with van der Waals surface area (Å²) in [7, 11) is 1.52. The summed E-state index contributed by atoms with van der Waals surface area (Å²) in [6.45, 7) is 5.54. The number of nitrogens with one attached hydrogen (secondary N) is 1. The molecule has 0 aliphatic carbocycles. The van der Waals surface area contributed by atoms with Gasteiger partial charge in [0.2, 0.25) is 5.91 Å². The second-order valence-electron chi connectivity index (χ2n) is 3.84. The molecule has 0 saturated heterocycles. The van der Waals surface area contributed by atoms with Gasteiger partial charge in [-0.2, -0.15) is 0 Å². The molecule has 0 heterocycles. The number of halogens is 1. The fourth-order valence-electron chi connectivity index (χ4n) is 1.06. The van der Waals surface area contributed by atoms with E-state index in [1.54, 1.807) is 0 Å². The number of oxime groups is 1. The van der Waals surface area contributed by atoms with Crippen LogP contribution >= 0.6 is 11.6 Å².